The van der Waals surface area contributed by atoms with Crippen LogP contribution in [-0.4, -0.2) is 52.1 Å². The van der Waals surface area contributed by atoms with Crippen molar-refractivity contribution in [1.82, 2.24) is 0 Å². The predicted octanol–water partition coefficient (Wildman–Crippen LogP) is 3.77. The number of aliphatic hydroxyl groups excluding tert-OH is 1. The molecule has 0 unspecified atom stereocenters. The van der Waals surface area contributed by atoms with Crippen LogP contribution in [0.2, 0.25) is 0 Å². The molecule has 13 heteroatoms. The molecule has 0 saturated carbocycles. The molecule has 4 aromatic rings. The number of hydrogen-bond donors (Lipinski definition) is 2. The Bertz CT molecular complexity index is 1740. The first-order valence-corrected chi connectivity index (χ1v) is 13.4. The molecule has 3 N–H and O–H groups in total. The van der Waals surface area contributed by atoms with Crippen LogP contribution in [-0.2, 0) is 14.8 Å². The summed E-state index contributed by atoms with van der Waals surface area (Å²) in [6, 6.07) is 17.7. The van der Waals surface area contributed by atoms with Gasteiger partial charge in [-0.2, -0.15) is 5.26 Å². The van der Waals surface area contributed by atoms with Crippen LogP contribution >= 0.6 is 0 Å². The Balaban J connectivity index is 1.84. The molecule has 12 nitrogen and oxygen atoms in total. The van der Waals surface area contributed by atoms with Crippen molar-refractivity contribution in [3.8, 4) is 34.6 Å². The zero-order valence-electron chi connectivity index (χ0n) is 21.3. The number of ether oxygens (including phenoxy) is 3. The van der Waals surface area contributed by atoms with E-state index >= 15 is 0 Å². The van der Waals surface area contributed by atoms with Gasteiger partial charge in [-0.05, 0) is 48.5 Å². The molecular weight excluding hydrogens is 542 g/mol. The molecule has 1 amide bonds. The quantitative estimate of drug-likeness (QED) is 0.224. The van der Waals surface area contributed by atoms with Crippen LogP contribution in [0.1, 0.15) is 15.9 Å². The van der Waals surface area contributed by atoms with E-state index in [0.29, 0.717) is 22.6 Å². The standard InChI is InChI=1S/C27H23N3O9S/c1-36-23-13-20-22(14-21(23)30(10-11-31)40(2,34)35)38-25(24(20)26(32)39-27(29)33)17-6-8-18(9-7-17)37-19-5-3-4-16(12-19)15-28/h3-9,12-14,31H,10-11H2,1-2H3,(H2,29,33). The molecule has 3 aromatic carbocycles. The molecule has 0 saturated heterocycles. The number of nitrogens with two attached hydrogens (primary N) is 1. The van der Waals surface area contributed by atoms with Gasteiger partial charge in [-0.3, -0.25) is 4.31 Å². The number of amides is 1. The van der Waals surface area contributed by atoms with Crippen LogP contribution in [0.4, 0.5) is 10.5 Å². The highest BCUT2D eigenvalue weighted by molar-refractivity contribution is 7.92. The zero-order chi connectivity index (χ0) is 29.0. The lowest BCUT2D eigenvalue weighted by atomic mass is 10.0. The molecule has 0 bridgehead atoms. The SMILES string of the molecule is COc1cc2c(C(=O)OC(N)=O)c(-c3ccc(Oc4cccc(C#N)c4)cc3)oc2cc1N(CCO)S(C)(=O)=O. The first kappa shape index (κ1) is 28.0. The van der Waals surface area contributed by atoms with E-state index in [2.05, 4.69) is 4.74 Å². The van der Waals surface area contributed by atoms with Crippen LogP contribution in [0.25, 0.3) is 22.3 Å². The lowest BCUT2D eigenvalue weighted by molar-refractivity contribution is 0.0640. The van der Waals surface area contributed by atoms with Gasteiger partial charge in [0.25, 0.3) is 0 Å². The van der Waals surface area contributed by atoms with E-state index in [0.717, 1.165) is 10.6 Å². The minimum Gasteiger partial charge on any atom is -0.495 e. The van der Waals surface area contributed by atoms with Crippen molar-refractivity contribution in [3.05, 3.63) is 71.8 Å². The number of aliphatic hydroxyl groups is 1. The number of nitriles is 1. The third-order valence-corrected chi connectivity index (χ3v) is 6.85. The molecule has 0 aliphatic carbocycles. The number of hydrogen-bond acceptors (Lipinski definition) is 10. The van der Waals surface area contributed by atoms with Crippen molar-refractivity contribution in [2.24, 2.45) is 5.73 Å². The normalized spacial score (nSPS) is 11.1. The van der Waals surface area contributed by atoms with Crippen LogP contribution in [0, 0.1) is 11.3 Å². The number of primary amides is 1. The largest absolute Gasteiger partial charge is 0.495 e. The summed E-state index contributed by atoms with van der Waals surface area (Å²) in [6.45, 7) is -0.730. The van der Waals surface area contributed by atoms with Gasteiger partial charge >= 0.3 is 12.1 Å². The van der Waals surface area contributed by atoms with Gasteiger partial charge in [0.15, 0.2) is 0 Å². The fraction of sp³-hybridized carbons (Fsp3) is 0.148. The maximum Gasteiger partial charge on any atom is 0.412 e. The molecule has 4 rings (SSSR count). The molecule has 0 radical (unpaired) electrons. The molecule has 40 heavy (non-hydrogen) atoms. The second-order valence-electron chi connectivity index (χ2n) is 8.36. The van der Waals surface area contributed by atoms with Crippen LogP contribution in [0.3, 0.4) is 0 Å². The first-order valence-electron chi connectivity index (χ1n) is 11.6. The number of nitrogens with zero attached hydrogens (tertiary/aromatic N) is 2. The lowest BCUT2D eigenvalue weighted by Crippen LogP contribution is -2.32. The third-order valence-electron chi connectivity index (χ3n) is 5.67. The number of fused-ring (bicyclic) bond motifs is 1. The Morgan fingerprint density at radius 1 is 1.10 bits per heavy atom. The number of rotatable bonds is 9. The smallest absolute Gasteiger partial charge is 0.412 e. The van der Waals surface area contributed by atoms with Crippen molar-refractivity contribution in [1.29, 1.82) is 5.26 Å². The van der Waals surface area contributed by atoms with Gasteiger partial charge in [-0.25, -0.2) is 18.0 Å². The highest BCUT2D eigenvalue weighted by atomic mass is 32.2. The van der Waals surface area contributed by atoms with E-state index in [1.165, 1.54) is 19.2 Å². The number of sulfonamides is 1. The zero-order valence-corrected chi connectivity index (χ0v) is 22.1. The third kappa shape index (κ3) is 5.83. The van der Waals surface area contributed by atoms with E-state index in [1.54, 1.807) is 48.5 Å². The van der Waals surface area contributed by atoms with Crippen LogP contribution in [0.15, 0.2) is 65.1 Å². The Morgan fingerprint density at radius 3 is 2.42 bits per heavy atom. The Labute approximate surface area is 228 Å². The summed E-state index contributed by atoms with van der Waals surface area (Å²) < 4.78 is 47.6. The van der Waals surface area contributed by atoms with Gasteiger partial charge < -0.3 is 29.5 Å². The molecule has 206 valence electrons. The lowest BCUT2D eigenvalue weighted by Gasteiger charge is -2.23. The minimum atomic E-state index is -3.84. The maximum absolute atomic E-state index is 13.0. The number of benzene rings is 3. The average Bonchev–Trinajstić information content (AvgIpc) is 3.29. The average molecular weight is 566 g/mol. The number of anilines is 1. The topological polar surface area (TPSA) is 182 Å². The fourth-order valence-electron chi connectivity index (χ4n) is 4.01. The van der Waals surface area contributed by atoms with Gasteiger partial charge in [-0.1, -0.05) is 6.07 Å². The monoisotopic (exact) mass is 565 g/mol. The maximum atomic E-state index is 13.0. The molecule has 0 spiro atoms. The summed E-state index contributed by atoms with van der Waals surface area (Å²) in [7, 11) is -2.53. The first-order chi connectivity index (χ1) is 19.0. The Kier molecular flexibility index (Phi) is 7.94. The number of carbonyl (C=O) groups excluding carboxylic acids is 2. The summed E-state index contributed by atoms with van der Waals surface area (Å²) in [6.07, 6.45) is -0.362. The van der Waals surface area contributed by atoms with Crippen molar-refractivity contribution in [2.75, 3.05) is 30.8 Å². The van der Waals surface area contributed by atoms with Crippen LogP contribution < -0.4 is 19.5 Å². The van der Waals surface area contributed by atoms with E-state index in [-0.39, 0.29) is 40.3 Å². The van der Waals surface area contributed by atoms with Gasteiger partial charge in [-0.15, -0.1) is 0 Å². The molecule has 0 aliphatic rings. The van der Waals surface area contributed by atoms with Gasteiger partial charge in [0.1, 0.15) is 34.2 Å². The van der Waals surface area contributed by atoms with E-state index in [1.807, 2.05) is 6.07 Å². The molecular formula is C27H23N3O9S. The molecule has 0 fully saturated rings. The Morgan fingerprint density at radius 2 is 1.82 bits per heavy atom. The number of carbonyl (C=O) groups is 2. The molecule has 1 aromatic heterocycles. The van der Waals surface area contributed by atoms with Crippen molar-refractivity contribution >= 4 is 38.7 Å². The molecule has 0 aliphatic heterocycles. The number of furan rings is 1. The van der Waals surface area contributed by atoms with Gasteiger partial charge in [0.05, 0.1) is 43.8 Å². The summed E-state index contributed by atoms with van der Waals surface area (Å²) in [4.78, 5) is 24.4. The van der Waals surface area contributed by atoms with Crippen molar-refractivity contribution in [2.45, 2.75) is 0 Å². The van der Waals surface area contributed by atoms with Crippen molar-refractivity contribution < 1.29 is 41.7 Å². The highest BCUT2D eigenvalue weighted by Crippen LogP contribution is 2.41. The Hall–Kier alpha value is -5.06. The predicted molar refractivity (Wildman–Crippen MR) is 144 cm³/mol. The number of methoxy groups -OCH3 is 1. The summed E-state index contributed by atoms with van der Waals surface area (Å²) in [5.41, 5.74) is 5.88. The van der Waals surface area contributed by atoms with E-state index in [9.17, 15) is 23.1 Å². The van der Waals surface area contributed by atoms with E-state index < -0.39 is 28.7 Å². The second-order valence-corrected chi connectivity index (χ2v) is 10.3. The minimum absolute atomic E-state index is 0.00606. The number of esters is 1. The molecule has 0 atom stereocenters. The second kappa shape index (κ2) is 11.4. The summed E-state index contributed by atoms with van der Waals surface area (Å²) >= 11 is 0. The molecule has 1 heterocycles. The van der Waals surface area contributed by atoms with E-state index in [4.69, 9.17) is 24.9 Å². The summed E-state index contributed by atoms with van der Waals surface area (Å²) in [5.74, 6) is -0.172. The van der Waals surface area contributed by atoms with Crippen LogP contribution in [0.5, 0.6) is 17.2 Å². The van der Waals surface area contributed by atoms with Gasteiger partial charge in [0, 0.05) is 17.0 Å². The summed E-state index contributed by atoms with van der Waals surface area (Å²) in [5, 5.41) is 18.7. The highest BCUT2D eigenvalue weighted by Gasteiger charge is 2.29. The van der Waals surface area contributed by atoms with Gasteiger partial charge in [0.2, 0.25) is 10.0 Å². The van der Waals surface area contributed by atoms with Crippen molar-refractivity contribution in [3.63, 3.8) is 0 Å². The fourth-order valence-corrected chi connectivity index (χ4v) is 4.93.